The molecule has 0 unspecified atom stereocenters. The van der Waals surface area contributed by atoms with Crippen LogP contribution in [0.4, 0.5) is 5.69 Å². The van der Waals surface area contributed by atoms with Gasteiger partial charge in [-0.2, -0.15) is 0 Å². The van der Waals surface area contributed by atoms with E-state index in [1.54, 1.807) is 0 Å². The highest BCUT2D eigenvalue weighted by Crippen LogP contribution is 2.25. The third kappa shape index (κ3) is 4.68. The number of benzene rings is 1. The van der Waals surface area contributed by atoms with Gasteiger partial charge in [0, 0.05) is 28.8 Å². The van der Waals surface area contributed by atoms with E-state index < -0.39 is 0 Å². The van der Waals surface area contributed by atoms with Crippen molar-refractivity contribution in [2.45, 2.75) is 13.3 Å². The smallest absolute Gasteiger partial charge is 0.172 e. The lowest BCUT2D eigenvalue weighted by Gasteiger charge is -2.26. The Bertz CT molecular complexity index is 462. The van der Waals surface area contributed by atoms with E-state index in [4.69, 9.17) is 10.9 Å². The second-order valence-electron chi connectivity index (χ2n) is 4.88. The summed E-state index contributed by atoms with van der Waals surface area (Å²) in [5.74, 6) is 0.138. The van der Waals surface area contributed by atoms with Gasteiger partial charge in [0.25, 0.3) is 0 Å². The molecule has 0 bridgehead atoms. The summed E-state index contributed by atoms with van der Waals surface area (Å²) in [7, 11) is 4.13. The molecule has 112 valence electrons. The highest BCUT2D eigenvalue weighted by molar-refractivity contribution is 9.10. The Labute approximate surface area is 129 Å². The molecule has 0 spiro atoms. The molecule has 0 amide bonds. The average Bonchev–Trinajstić information content (AvgIpc) is 2.42. The van der Waals surface area contributed by atoms with Crippen molar-refractivity contribution in [2.75, 3.05) is 38.6 Å². The molecule has 0 atom stereocenters. The lowest BCUT2D eigenvalue weighted by molar-refractivity contribution is 0.318. The van der Waals surface area contributed by atoms with Crippen molar-refractivity contribution in [1.29, 1.82) is 0 Å². The lowest BCUT2D eigenvalue weighted by atomic mass is 10.1. The molecule has 0 fully saturated rings. The molecule has 1 rings (SSSR count). The first kappa shape index (κ1) is 16.8. The van der Waals surface area contributed by atoms with Crippen molar-refractivity contribution in [2.24, 2.45) is 10.9 Å². The maximum absolute atomic E-state index is 8.91. The molecule has 0 aliphatic carbocycles. The molecule has 0 saturated heterocycles. The molecule has 0 radical (unpaired) electrons. The van der Waals surface area contributed by atoms with E-state index in [-0.39, 0.29) is 5.84 Å². The van der Waals surface area contributed by atoms with E-state index in [9.17, 15) is 0 Å². The van der Waals surface area contributed by atoms with Gasteiger partial charge >= 0.3 is 0 Å². The summed E-state index contributed by atoms with van der Waals surface area (Å²) >= 11 is 3.48. The molecule has 6 heteroatoms. The second-order valence-corrected chi connectivity index (χ2v) is 5.80. The number of rotatable bonds is 7. The van der Waals surface area contributed by atoms with Gasteiger partial charge in [-0.3, -0.25) is 0 Å². The molecule has 0 aromatic heterocycles. The summed E-state index contributed by atoms with van der Waals surface area (Å²) in [5, 5.41) is 12.0. The van der Waals surface area contributed by atoms with Crippen LogP contribution in [0, 0.1) is 0 Å². The molecule has 0 heterocycles. The number of hydrogen-bond acceptors (Lipinski definition) is 4. The predicted molar refractivity (Wildman–Crippen MR) is 87.7 cm³/mol. The summed E-state index contributed by atoms with van der Waals surface area (Å²) in [6.07, 6.45) is 1.06. The van der Waals surface area contributed by atoms with E-state index >= 15 is 0 Å². The monoisotopic (exact) mass is 342 g/mol. The zero-order valence-corrected chi connectivity index (χ0v) is 13.9. The van der Waals surface area contributed by atoms with Gasteiger partial charge in [-0.25, -0.2) is 0 Å². The number of nitrogens with two attached hydrogens (primary N) is 1. The van der Waals surface area contributed by atoms with E-state index in [1.165, 1.54) is 0 Å². The molecule has 5 nitrogen and oxygen atoms in total. The van der Waals surface area contributed by atoms with Crippen molar-refractivity contribution >= 4 is 27.5 Å². The molecule has 0 aliphatic heterocycles. The van der Waals surface area contributed by atoms with Crippen molar-refractivity contribution in [3.63, 3.8) is 0 Å². The standard InChI is InChI=1S/C14H23BrN4O/c1-4-19(9-5-8-18(2)3)13-10-11(15)6-7-12(13)14(16)17-20/h6-7,10,20H,4-5,8-9H2,1-3H3,(H2,16,17). The summed E-state index contributed by atoms with van der Waals surface area (Å²) in [6.45, 7) is 4.93. The minimum atomic E-state index is 0.138. The van der Waals surface area contributed by atoms with Crippen LogP contribution in [0.3, 0.4) is 0 Å². The highest BCUT2D eigenvalue weighted by Gasteiger charge is 2.13. The fourth-order valence-electron chi connectivity index (χ4n) is 2.06. The number of anilines is 1. The normalized spacial score (nSPS) is 11.9. The molecule has 0 aliphatic rings. The van der Waals surface area contributed by atoms with Gasteiger partial charge in [0.2, 0.25) is 0 Å². The van der Waals surface area contributed by atoms with E-state index in [1.807, 2.05) is 18.2 Å². The highest BCUT2D eigenvalue weighted by atomic mass is 79.9. The van der Waals surface area contributed by atoms with Crippen LogP contribution in [-0.4, -0.2) is 49.7 Å². The Morgan fingerprint density at radius 2 is 2.05 bits per heavy atom. The van der Waals surface area contributed by atoms with E-state index in [0.29, 0.717) is 0 Å². The molecule has 1 aromatic carbocycles. The van der Waals surface area contributed by atoms with E-state index in [0.717, 1.165) is 41.8 Å². The largest absolute Gasteiger partial charge is 0.409 e. The van der Waals surface area contributed by atoms with Crippen molar-refractivity contribution in [1.82, 2.24) is 4.90 Å². The first-order valence-corrected chi connectivity index (χ1v) is 7.46. The number of hydrogen-bond donors (Lipinski definition) is 2. The van der Waals surface area contributed by atoms with Gasteiger partial charge in [0.1, 0.15) is 0 Å². The van der Waals surface area contributed by atoms with Crippen LogP contribution in [0.25, 0.3) is 0 Å². The van der Waals surface area contributed by atoms with Crippen LogP contribution in [0.1, 0.15) is 18.9 Å². The Balaban J connectivity index is 2.98. The average molecular weight is 343 g/mol. The van der Waals surface area contributed by atoms with Crippen LogP contribution in [0.5, 0.6) is 0 Å². The minimum absolute atomic E-state index is 0.138. The third-order valence-electron chi connectivity index (χ3n) is 3.10. The molecule has 1 aromatic rings. The SMILES string of the molecule is CCN(CCCN(C)C)c1cc(Br)ccc1/C(N)=N/O. The maximum atomic E-state index is 8.91. The zero-order chi connectivity index (χ0) is 15.1. The number of halogens is 1. The van der Waals surface area contributed by atoms with Gasteiger partial charge in [-0.1, -0.05) is 21.1 Å². The van der Waals surface area contributed by atoms with Crippen LogP contribution in [-0.2, 0) is 0 Å². The Morgan fingerprint density at radius 1 is 1.35 bits per heavy atom. The summed E-state index contributed by atoms with van der Waals surface area (Å²) < 4.78 is 0.980. The van der Waals surface area contributed by atoms with Crippen molar-refractivity contribution in [3.8, 4) is 0 Å². The summed E-state index contributed by atoms with van der Waals surface area (Å²) in [4.78, 5) is 4.40. The Morgan fingerprint density at radius 3 is 2.60 bits per heavy atom. The number of nitrogens with zero attached hydrogens (tertiary/aromatic N) is 3. The number of amidine groups is 1. The molecule has 3 N–H and O–H groups in total. The maximum Gasteiger partial charge on any atom is 0.172 e. The van der Waals surface area contributed by atoms with Crippen molar-refractivity contribution in [3.05, 3.63) is 28.2 Å². The topological polar surface area (TPSA) is 65.1 Å². The zero-order valence-electron chi connectivity index (χ0n) is 12.3. The van der Waals surface area contributed by atoms with Gasteiger partial charge in [0.15, 0.2) is 5.84 Å². The van der Waals surface area contributed by atoms with Gasteiger partial charge in [0.05, 0.1) is 0 Å². The van der Waals surface area contributed by atoms with Crippen molar-refractivity contribution < 1.29 is 5.21 Å². The lowest BCUT2D eigenvalue weighted by Crippen LogP contribution is -2.29. The summed E-state index contributed by atoms with van der Waals surface area (Å²) in [6, 6.07) is 5.76. The minimum Gasteiger partial charge on any atom is -0.409 e. The molecule has 0 saturated carbocycles. The third-order valence-corrected chi connectivity index (χ3v) is 3.59. The van der Waals surface area contributed by atoms with Crippen LogP contribution in [0.2, 0.25) is 0 Å². The Kier molecular flexibility index (Phi) is 6.81. The van der Waals surface area contributed by atoms with Crippen LogP contribution in [0.15, 0.2) is 27.8 Å². The van der Waals surface area contributed by atoms with E-state index in [2.05, 4.69) is 51.9 Å². The summed E-state index contributed by atoms with van der Waals surface area (Å²) in [5.41, 5.74) is 7.50. The fourth-order valence-corrected chi connectivity index (χ4v) is 2.41. The van der Waals surface area contributed by atoms with Crippen LogP contribution < -0.4 is 10.6 Å². The molecule has 20 heavy (non-hydrogen) atoms. The van der Waals surface area contributed by atoms with Crippen LogP contribution >= 0.6 is 15.9 Å². The first-order valence-electron chi connectivity index (χ1n) is 6.66. The first-order chi connectivity index (χ1) is 9.49. The fraction of sp³-hybridized carbons (Fsp3) is 0.500. The quantitative estimate of drug-likeness (QED) is 0.345. The van der Waals surface area contributed by atoms with Gasteiger partial charge in [-0.05, 0) is 52.2 Å². The predicted octanol–water partition coefficient (Wildman–Crippen LogP) is 2.32. The Hall–Kier alpha value is -1.27. The molecular formula is C14H23BrN4O. The molecular weight excluding hydrogens is 320 g/mol. The second kappa shape index (κ2) is 8.11. The number of oxime groups is 1. The van der Waals surface area contributed by atoms with Gasteiger partial charge < -0.3 is 20.7 Å². The van der Waals surface area contributed by atoms with Gasteiger partial charge in [-0.15, -0.1) is 0 Å².